The Morgan fingerprint density at radius 3 is 2.89 bits per heavy atom. The number of hydrogen-bond donors (Lipinski definition) is 2. The highest BCUT2D eigenvalue weighted by molar-refractivity contribution is 5.87. The molecule has 1 atom stereocenters. The zero-order chi connectivity index (χ0) is 13.2. The topological polar surface area (TPSA) is 35.5 Å². The standard InChI is InChI=1S/C16H20N2O/c1-18(13-8-9-17-10-13)11-15-14-5-3-2-4-12(14)6-7-16(15)19/h2-7,13,17,19H,8-11H2,1H3. The van der Waals surface area contributed by atoms with Gasteiger partial charge in [0.1, 0.15) is 5.75 Å². The molecule has 1 aliphatic heterocycles. The number of phenols is 1. The minimum Gasteiger partial charge on any atom is -0.508 e. The average molecular weight is 256 g/mol. The highest BCUT2D eigenvalue weighted by atomic mass is 16.3. The van der Waals surface area contributed by atoms with Crippen molar-refractivity contribution in [1.29, 1.82) is 0 Å². The molecule has 0 radical (unpaired) electrons. The van der Waals surface area contributed by atoms with Crippen molar-refractivity contribution in [3.8, 4) is 5.75 Å². The summed E-state index contributed by atoms with van der Waals surface area (Å²) in [5.41, 5.74) is 1.03. The van der Waals surface area contributed by atoms with Crippen molar-refractivity contribution >= 4 is 10.8 Å². The van der Waals surface area contributed by atoms with Crippen LogP contribution in [0.3, 0.4) is 0 Å². The Hall–Kier alpha value is -1.58. The Morgan fingerprint density at radius 2 is 2.11 bits per heavy atom. The smallest absolute Gasteiger partial charge is 0.120 e. The van der Waals surface area contributed by atoms with Crippen molar-refractivity contribution in [2.75, 3.05) is 20.1 Å². The Bertz CT molecular complexity index is 576. The van der Waals surface area contributed by atoms with Crippen LogP contribution in [0.1, 0.15) is 12.0 Å². The lowest BCUT2D eigenvalue weighted by Crippen LogP contribution is -2.32. The Balaban J connectivity index is 1.92. The molecule has 1 aliphatic rings. The van der Waals surface area contributed by atoms with Gasteiger partial charge in [0.25, 0.3) is 0 Å². The summed E-state index contributed by atoms with van der Waals surface area (Å²) in [4.78, 5) is 2.33. The summed E-state index contributed by atoms with van der Waals surface area (Å²) in [6.07, 6.45) is 1.18. The van der Waals surface area contributed by atoms with Crippen molar-refractivity contribution < 1.29 is 5.11 Å². The van der Waals surface area contributed by atoms with E-state index in [2.05, 4.69) is 29.4 Å². The molecule has 3 nitrogen and oxygen atoms in total. The molecular formula is C16H20N2O. The summed E-state index contributed by atoms with van der Waals surface area (Å²) in [5.74, 6) is 0.400. The predicted octanol–water partition coefficient (Wildman–Crippen LogP) is 2.34. The second-order valence-electron chi connectivity index (χ2n) is 5.35. The Kier molecular flexibility index (Phi) is 3.40. The molecule has 19 heavy (non-hydrogen) atoms. The maximum absolute atomic E-state index is 10.2. The first-order valence-corrected chi connectivity index (χ1v) is 6.86. The summed E-state index contributed by atoms with van der Waals surface area (Å²) in [6, 6.07) is 12.6. The molecule has 1 unspecified atom stereocenters. The van der Waals surface area contributed by atoms with Gasteiger partial charge in [-0.1, -0.05) is 30.3 Å². The third kappa shape index (κ3) is 2.44. The lowest BCUT2D eigenvalue weighted by Gasteiger charge is -2.24. The van der Waals surface area contributed by atoms with E-state index in [0.717, 1.165) is 30.6 Å². The fourth-order valence-electron chi connectivity index (χ4n) is 2.88. The maximum atomic E-state index is 10.2. The van der Waals surface area contributed by atoms with Gasteiger partial charge in [-0.25, -0.2) is 0 Å². The lowest BCUT2D eigenvalue weighted by atomic mass is 10.0. The van der Waals surface area contributed by atoms with E-state index in [9.17, 15) is 5.11 Å². The van der Waals surface area contributed by atoms with Crippen LogP contribution in [-0.4, -0.2) is 36.2 Å². The zero-order valence-electron chi connectivity index (χ0n) is 11.3. The molecule has 2 aromatic carbocycles. The summed E-state index contributed by atoms with van der Waals surface area (Å²) in [6.45, 7) is 2.93. The molecule has 3 rings (SSSR count). The summed E-state index contributed by atoms with van der Waals surface area (Å²) >= 11 is 0. The van der Waals surface area contributed by atoms with Gasteiger partial charge in [-0.15, -0.1) is 0 Å². The highest BCUT2D eigenvalue weighted by Gasteiger charge is 2.20. The van der Waals surface area contributed by atoms with Crippen LogP contribution in [0.2, 0.25) is 0 Å². The monoisotopic (exact) mass is 256 g/mol. The molecule has 1 saturated heterocycles. The van der Waals surface area contributed by atoms with E-state index < -0.39 is 0 Å². The van der Waals surface area contributed by atoms with Crippen molar-refractivity contribution in [2.24, 2.45) is 0 Å². The van der Waals surface area contributed by atoms with Crippen LogP contribution in [0.25, 0.3) is 10.8 Å². The second-order valence-corrected chi connectivity index (χ2v) is 5.35. The van der Waals surface area contributed by atoms with Crippen LogP contribution < -0.4 is 5.32 Å². The molecule has 1 fully saturated rings. The summed E-state index contributed by atoms with van der Waals surface area (Å²) in [7, 11) is 2.14. The maximum Gasteiger partial charge on any atom is 0.120 e. The molecule has 0 saturated carbocycles. The van der Waals surface area contributed by atoms with Gasteiger partial charge in [-0.2, -0.15) is 0 Å². The summed E-state index contributed by atoms with van der Waals surface area (Å²) < 4.78 is 0. The molecular weight excluding hydrogens is 236 g/mol. The molecule has 1 heterocycles. The van der Waals surface area contributed by atoms with Crippen molar-refractivity contribution in [3.63, 3.8) is 0 Å². The first kappa shape index (κ1) is 12.5. The Labute approximate surface area is 113 Å². The fraction of sp³-hybridized carbons (Fsp3) is 0.375. The fourth-order valence-corrected chi connectivity index (χ4v) is 2.88. The van der Waals surface area contributed by atoms with E-state index in [0.29, 0.717) is 11.8 Å². The number of rotatable bonds is 3. The van der Waals surface area contributed by atoms with Gasteiger partial charge in [0, 0.05) is 24.7 Å². The van der Waals surface area contributed by atoms with Crippen LogP contribution in [0.5, 0.6) is 5.75 Å². The van der Waals surface area contributed by atoms with Crippen LogP contribution in [0, 0.1) is 0 Å². The quantitative estimate of drug-likeness (QED) is 0.885. The van der Waals surface area contributed by atoms with E-state index in [4.69, 9.17) is 0 Å². The predicted molar refractivity (Wildman–Crippen MR) is 78.4 cm³/mol. The number of nitrogens with one attached hydrogen (secondary N) is 1. The number of nitrogens with zero attached hydrogens (tertiary/aromatic N) is 1. The zero-order valence-corrected chi connectivity index (χ0v) is 11.3. The van der Waals surface area contributed by atoms with Crippen LogP contribution >= 0.6 is 0 Å². The van der Waals surface area contributed by atoms with E-state index in [1.807, 2.05) is 18.2 Å². The van der Waals surface area contributed by atoms with Gasteiger partial charge in [0.15, 0.2) is 0 Å². The first-order valence-electron chi connectivity index (χ1n) is 6.86. The third-order valence-corrected chi connectivity index (χ3v) is 4.08. The Morgan fingerprint density at radius 1 is 1.26 bits per heavy atom. The number of benzene rings is 2. The largest absolute Gasteiger partial charge is 0.508 e. The number of fused-ring (bicyclic) bond motifs is 1. The molecule has 0 aromatic heterocycles. The molecule has 0 spiro atoms. The van der Waals surface area contributed by atoms with Gasteiger partial charge < -0.3 is 10.4 Å². The number of aromatic hydroxyl groups is 1. The van der Waals surface area contributed by atoms with Gasteiger partial charge in [0.2, 0.25) is 0 Å². The average Bonchev–Trinajstić information content (AvgIpc) is 2.96. The van der Waals surface area contributed by atoms with Gasteiger partial charge >= 0.3 is 0 Å². The van der Waals surface area contributed by atoms with Crippen molar-refractivity contribution in [2.45, 2.75) is 19.0 Å². The normalized spacial score (nSPS) is 19.4. The highest BCUT2D eigenvalue weighted by Crippen LogP contribution is 2.28. The van der Waals surface area contributed by atoms with Crippen LogP contribution in [-0.2, 0) is 6.54 Å². The molecule has 0 amide bonds. The SMILES string of the molecule is CN(Cc1c(O)ccc2ccccc12)C1CCNC1. The molecule has 3 heteroatoms. The van der Waals surface area contributed by atoms with Gasteiger partial charge in [-0.05, 0) is 36.9 Å². The van der Waals surface area contributed by atoms with E-state index in [-0.39, 0.29) is 0 Å². The minimum atomic E-state index is 0.400. The first-order chi connectivity index (χ1) is 9.25. The van der Waals surface area contributed by atoms with Crippen molar-refractivity contribution in [1.82, 2.24) is 10.2 Å². The van der Waals surface area contributed by atoms with E-state index in [1.165, 1.54) is 11.8 Å². The number of hydrogen-bond acceptors (Lipinski definition) is 3. The molecule has 2 aromatic rings. The molecule has 0 bridgehead atoms. The van der Waals surface area contributed by atoms with E-state index >= 15 is 0 Å². The summed E-state index contributed by atoms with van der Waals surface area (Å²) in [5, 5.41) is 15.9. The second kappa shape index (κ2) is 5.19. The molecule has 100 valence electrons. The molecule has 2 N–H and O–H groups in total. The van der Waals surface area contributed by atoms with E-state index in [1.54, 1.807) is 6.07 Å². The lowest BCUT2D eigenvalue weighted by molar-refractivity contribution is 0.247. The molecule has 0 aliphatic carbocycles. The van der Waals surface area contributed by atoms with Crippen LogP contribution in [0.4, 0.5) is 0 Å². The van der Waals surface area contributed by atoms with Crippen LogP contribution in [0.15, 0.2) is 36.4 Å². The van der Waals surface area contributed by atoms with Gasteiger partial charge in [0.05, 0.1) is 0 Å². The third-order valence-electron chi connectivity index (χ3n) is 4.08. The van der Waals surface area contributed by atoms with Gasteiger partial charge in [-0.3, -0.25) is 4.90 Å². The van der Waals surface area contributed by atoms with Crippen molar-refractivity contribution in [3.05, 3.63) is 42.0 Å². The minimum absolute atomic E-state index is 0.400. The number of likely N-dealkylation sites (N-methyl/N-ethyl adjacent to an activating group) is 1. The number of phenolic OH excluding ortho intramolecular Hbond substituents is 1.